The van der Waals surface area contributed by atoms with Crippen molar-refractivity contribution in [2.45, 2.75) is 57.8 Å². The molecule has 0 radical (unpaired) electrons. The number of rotatable bonds is 3. The van der Waals surface area contributed by atoms with Crippen molar-refractivity contribution in [1.82, 2.24) is 29.9 Å². The number of aromatic nitrogens is 6. The summed E-state index contributed by atoms with van der Waals surface area (Å²) >= 11 is 0. The Labute approximate surface area is 303 Å². The van der Waals surface area contributed by atoms with Crippen LogP contribution in [0.1, 0.15) is 68.3 Å². The molecule has 300 valence electrons. The van der Waals surface area contributed by atoms with Crippen LogP contribution < -0.4 is 0 Å². The van der Waals surface area contributed by atoms with Gasteiger partial charge in [-0.25, -0.2) is 29.9 Å². The maximum absolute atomic E-state index is 14.3. The zero-order chi connectivity index (χ0) is 43.8. The van der Waals surface area contributed by atoms with Crippen LogP contribution in [0.15, 0.2) is 16.7 Å². The van der Waals surface area contributed by atoms with Crippen LogP contribution in [0.25, 0.3) is 16.7 Å². The number of halogens is 18. The van der Waals surface area contributed by atoms with E-state index in [9.17, 15) is 94.8 Å². The van der Waals surface area contributed by atoms with E-state index in [0.29, 0.717) is 20.8 Å². The molecule has 0 saturated heterocycles. The molecule has 3 heterocycles. The van der Waals surface area contributed by atoms with Crippen molar-refractivity contribution in [3.63, 3.8) is 0 Å². The second-order valence-corrected chi connectivity index (χ2v) is 11.1. The van der Waals surface area contributed by atoms with Crippen molar-refractivity contribution in [1.29, 1.82) is 15.8 Å². The molecular weight excluding hydrogens is 828 g/mol. The van der Waals surface area contributed by atoms with Gasteiger partial charge < -0.3 is 0 Å². The average molecular weight is 837 g/mol. The van der Waals surface area contributed by atoms with E-state index < -0.39 is 139 Å². The highest BCUT2D eigenvalue weighted by Gasteiger charge is 2.52. The largest absolute Gasteiger partial charge is 0.451 e. The SMILES string of the molecule is Cc1nc(C(F)(F)F)c(/C(C#N)=C2\C(=C(C#N)c3c(C)nc(C(F)(F)F)nc3C(F)(F)F)\C2=C(/C#N)c2c(C)nc(C(F)(F)F)nc2C(F)(F)F)c(C(F)(F)F)n1. The molecule has 1 aliphatic rings. The number of allylic oxidation sites excluding steroid dienone is 6. The predicted octanol–water partition coefficient (Wildman–Crippen LogP) is 9.34. The first-order valence-corrected chi connectivity index (χ1v) is 14.3. The molecular formula is C30H9F18N9. The fourth-order valence-corrected chi connectivity index (χ4v) is 5.28. The molecule has 0 amide bonds. The van der Waals surface area contributed by atoms with E-state index in [-0.39, 0.29) is 0 Å². The highest BCUT2D eigenvalue weighted by Crippen LogP contribution is 2.59. The number of nitriles is 3. The molecule has 1 saturated carbocycles. The molecule has 1 fully saturated rings. The number of alkyl halides is 18. The number of nitrogens with zero attached hydrogens (tertiary/aromatic N) is 9. The molecule has 0 atom stereocenters. The third-order valence-corrected chi connectivity index (χ3v) is 7.30. The Hall–Kier alpha value is -6.33. The lowest BCUT2D eigenvalue weighted by molar-refractivity contribution is -0.154. The summed E-state index contributed by atoms with van der Waals surface area (Å²) in [6, 6.07) is 2.74. The second kappa shape index (κ2) is 13.7. The molecule has 3 aromatic heterocycles. The van der Waals surface area contributed by atoms with Gasteiger partial charge in [0.15, 0.2) is 22.8 Å². The van der Waals surface area contributed by atoms with Crippen LogP contribution in [0.5, 0.6) is 0 Å². The van der Waals surface area contributed by atoms with Crippen LogP contribution in [0.2, 0.25) is 0 Å². The number of hydrogen-bond donors (Lipinski definition) is 0. The van der Waals surface area contributed by atoms with Gasteiger partial charge in [0, 0.05) is 27.8 Å². The monoisotopic (exact) mass is 837 g/mol. The first-order valence-electron chi connectivity index (χ1n) is 14.3. The van der Waals surface area contributed by atoms with Gasteiger partial charge in [0.05, 0.1) is 33.7 Å². The van der Waals surface area contributed by atoms with Crippen LogP contribution in [0.3, 0.4) is 0 Å². The molecule has 4 rings (SSSR count). The van der Waals surface area contributed by atoms with Gasteiger partial charge in [-0.2, -0.15) is 94.8 Å². The summed E-state index contributed by atoms with van der Waals surface area (Å²) in [4.78, 5) is 16.0. The van der Waals surface area contributed by atoms with Gasteiger partial charge >= 0.3 is 37.1 Å². The summed E-state index contributed by atoms with van der Waals surface area (Å²) in [6.45, 7) is 1.22. The summed E-state index contributed by atoms with van der Waals surface area (Å²) in [5.41, 5.74) is -29.9. The molecule has 0 aliphatic heterocycles. The van der Waals surface area contributed by atoms with E-state index in [1.807, 2.05) is 0 Å². The smallest absolute Gasteiger partial charge is 0.229 e. The molecule has 27 heteroatoms. The van der Waals surface area contributed by atoms with E-state index >= 15 is 0 Å². The predicted molar refractivity (Wildman–Crippen MR) is 148 cm³/mol. The zero-order valence-electron chi connectivity index (χ0n) is 27.3. The number of hydrogen-bond acceptors (Lipinski definition) is 9. The number of aryl methyl sites for hydroxylation is 3. The van der Waals surface area contributed by atoms with E-state index in [1.165, 1.54) is 0 Å². The van der Waals surface area contributed by atoms with Crippen molar-refractivity contribution >= 4 is 16.7 Å². The van der Waals surface area contributed by atoms with Gasteiger partial charge in [-0.05, 0) is 20.8 Å². The van der Waals surface area contributed by atoms with Crippen molar-refractivity contribution in [3.05, 3.63) is 85.0 Å². The summed E-state index contributed by atoms with van der Waals surface area (Å²) in [5, 5.41) is 30.3. The minimum Gasteiger partial charge on any atom is -0.229 e. The quantitative estimate of drug-likeness (QED) is 0.186. The minimum atomic E-state index is -6.04. The highest BCUT2D eigenvalue weighted by molar-refractivity contribution is 6.13. The van der Waals surface area contributed by atoms with Gasteiger partial charge in [-0.3, -0.25) is 0 Å². The van der Waals surface area contributed by atoms with Gasteiger partial charge in [-0.15, -0.1) is 0 Å². The summed E-state index contributed by atoms with van der Waals surface area (Å²) in [7, 11) is 0. The Balaban J connectivity index is 2.46. The molecule has 9 nitrogen and oxygen atoms in total. The van der Waals surface area contributed by atoms with Gasteiger partial charge in [-0.1, -0.05) is 0 Å². The topological polar surface area (TPSA) is 149 Å². The van der Waals surface area contributed by atoms with E-state index in [4.69, 9.17) is 0 Å². The van der Waals surface area contributed by atoms with Crippen molar-refractivity contribution in [3.8, 4) is 18.2 Å². The molecule has 0 spiro atoms. The van der Waals surface area contributed by atoms with E-state index in [1.54, 1.807) is 0 Å². The average Bonchev–Trinajstić information content (AvgIpc) is 3.74. The van der Waals surface area contributed by atoms with Crippen LogP contribution >= 0.6 is 0 Å². The third kappa shape index (κ3) is 8.15. The van der Waals surface area contributed by atoms with Gasteiger partial charge in [0.1, 0.15) is 24.0 Å². The van der Waals surface area contributed by atoms with Crippen LogP contribution in [-0.4, -0.2) is 29.9 Å². The maximum Gasteiger partial charge on any atom is 0.451 e. The highest BCUT2D eigenvalue weighted by atomic mass is 19.4. The molecule has 3 aromatic rings. The Morgan fingerprint density at radius 3 is 0.842 bits per heavy atom. The summed E-state index contributed by atoms with van der Waals surface area (Å²) in [5.74, 6) is -6.28. The first kappa shape index (κ1) is 43.4. The fraction of sp³-hybridized carbons (Fsp3) is 0.300. The van der Waals surface area contributed by atoms with Crippen LogP contribution in [0.4, 0.5) is 79.0 Å². The van der Waals surface area contributed by atoms with E-state index in [0.717, 1.165) is 18.2 Å². The van der Waals surface area contributed by atoms with Crippen LogP contribution in [0, 0.1) is 54.8 Å². The summed E-state index contributed by atoms with van der Waals surface area (Å²) < 4.78 is 253. The second-order valence-electron chi connectivity index (χ2n) is 11.1. The molecule has 1 aliphatic carbocycles. The third-order valence-electron chi connectivity index (χ3n) is 7.30. The van der Waals surface area contributed by atoms with Crippen molar-refractivity contribution < 1.29 is 79.0 Å². The lowest BCUT2D eigenvalue weighted by atomic mass is 9.98. The maximum atomic E-state index is 14.3. The Bertz CT molecular complexity index is 2280. The van der Waals surface area contributed by atoms with E-state index in [2.05, 4.69) is 29.9 Å². The molecule has 57 heavy (non-hydrogen) atoms. The lowest BCUT2D eigenvalue weighted by Gasteiger charge is -2.17. The standard InChI is InChI=1S/C30H9F18N9/c1-7-13(19(25(31,32)33)56-23(52-7)29(43,44)45)10(4-49)15-16(11(5-50)14-8(2)53-24(30(46,47)48)57-20(14)26(34,35)36)17(15)12(6-51)18-21(27(37,38)39)54-9(3)55-22(18)28(40,41)42/h1-3H3/b15-10-,16-11?,17-12-. The first-order chi connectivity index (χ1) is 25.7. The Morgan fingerprint density at radius 2 is 0.614 bits per heavy atom. The molecule has 0 N–H and O–H groups in total. The Kier molecular flexibility index (Phi) is 10.4. The molecule has 0 unspecified atom stereocenters. The zero-order valence-corrected chi connectivity index (χ0v) is 27.3. The van der Waals surface area contributed by atoms with Gasteiger partial charge in [0.25, 0.3) is 0 Å². The summed E-state index contributed by atoms with van der Waals surface area (Å²) in [6.07, 6.45) is -35.6. The van der Waals surface area contributed by atoms with Crippen molar-refractivity contribution in [2.24, 2.45) is 0 Å². The van der Waals surface area contributed by atoms with Crippen molar-refractivity contribution in [2.75, 3.05) is 0 Å². The fourth-order valence-electron chi connectivity index (χ4n) is 5.28. The lowest BCUT2D eigenvalue weighted by Crippen LogP contribution is -2.21. The normalized spacial score (nSPS) is 16.7. The molecule has 0 aromatic carbocycles. The minimum absolute atomic E-state index is 0.359. The van der Waals surface area contributed by atoms with Gasteiger partial charge in [0.2, 0.25) is 11.6 Å². The molecule has 0 bridgehead atoms. The Morgan fingerprint density at radius 1 is 0.368 bits per heavy atom. The van der Waals surface area contributed by atoms with Crippen LogP contribution in [-0.2, 0) is 37.1 Å².